The molecule has 22 heavy (non-hydrogen) atoms. The third-order valence-corrected chi connectivity index (χ3v) is 5.22. The Morgan fingerprint density at radius 2 is 1.95 bits per heavy atom. The van der Waals surface area contributed by atoms with E-state index >= 15 is 0 Å². The zero-order valence-electron chi connectivity index (χ0n) is 12.4. The summed E-state index contributed by atoms with van der Waals surface area (Å²) in [6.45, 7) is 0. The fraction of sp³-hybridized carbons (Fsp3) is 0.389. The summed E-state index contributed by atoms with van der Waals surface area (Å²) in [6, 6.07) is 10.2. The molecule has 1 aromatic carbocycles. The minimum absolute atomic E-state index is 0.0922. The van der Waals surface area contributed by atoms with Gasteiger partial charge in [0.1, 0.15) is 5.82 Å². The molecule has 0 saturated heterocycles. The van der Waals surface area contributed by atoms with E-state index < -0.39 is 0 Å². The first kappa shape index (κ1) is 15.2. The molecule has 1 aromatic heterocycles. The third-order valence-electron chi connectivity index (χ3n) is 4.29. The van der Waals surface area contributed by atoms with Crippen molar-refractivity contribution in [3.8, 4) is 0 Å². The number of amides is 1. The van der Waals surface area contributed by atoms with Gasteiger partial charge in [-0.25, -0.2) is 4.39 Å². The van der Waals surface area contributed by atoms with Crippen molar-refractivity contribution in [3.63, 3.8) is 0 Å². The molecular formula is C18H20FNOS. The Kier molecular flexibility index (Phi) is 4.88. The molecule has 1 fully saturated rings. The first-order valence-corrected chi connectivity index (χ1v) is 8.68. The maximum Gasteiger partial charge on any atom is 0.221 e. The van der Waals surface area contributed by atoms with Crippen LogP contribution in [0.25, 0.3) is 0 Å². The molecule has 3 rings (SSSR count). The molecular weight excluding hydrogens is 297 g/mol. The quantitative estimate of drug-likeness (QED) is 0.853. The van der Waals surface area contributed by atoms with Gasteiger partial charge in [0.05, 0.1) is 6.04 Å². The lowest BCUT2D eigenvalue weighted by Gasteiger charge is -2.19. The normalized spacial score (nSPS) is 16.6. The van der Waals surface area contributed by atoms with E-state index in [1.54, 1.807) is 23.5 Å². The molecule has 0 spiro atoms. The van der Waals surface area contributed by atoms with Crippen LogP contribution in [0, 0.1) is 11.7 Å². The van der Waals surface area contributed by atoms with Crippen LogP contribution in [-0.2, 0) is 4.79 Å². The predicted octanol–water partition coefficient (Wildman–Crippen LogP) is 4.67. The van der Waals surface area contributed by atoms with E-state index in [9.17, 15) is 9.18 Å². The van der Waals surface area contributed by atoms with Gasteiger partial charge in [0.25, 0.3) is 0 Å². The Balaban J connectivity index is 1.74. The standard InChI is InChI=1S/C18H20FNOS/c19-15-9-7-14(8-10-15)18(16-6-3-11-22-16)20-17(21)12-13-4-1-2-5-13/h3,6-11,13,18H,1-2,4-5,12H2,(H,20,21). The van der Waals surface area contributed by atoms with Crippen molar-refractivity contribution in [2.75, 3.05) is 0 Å². The van der Waals surface area contributed by atoms with Gasteiger partial charge in [-0.3, -0.25) is 4.79 Å². The van der Waals surface area contributed by atoms with Crippen molar-refractivity contribution in [2.24, 2.45) is 5.92 Å². The molecule has 2 nitrogen and oxygen atoms in total. The van der Waals surface area contributed by atoms with Crippen LogP contribution in [-0.4, -0.2) is 5.91 Å². The van der Waals surface area contributed by atoms with E-state index in [4.69, 9.17) is 0 Å². The number of benzene rings is 1. The van der Waals surface area contributed by atoms with Crippen molar-refractivity contribution < 1.29 is 9.18 Å². The van der Waals surface area contributed by atoms with E-state index in [0.717, 1.165) is 23.3 Å². The van der Waals surface area contributed by atoms with Crippen molar-refractivity contribution in [2.45, 2.75) is 38.1 Å². The van der Waals surface area contributed by atoms with Crippen LogP contribution in [0.3, 0.4) is 0 Å². The molecule has 1 aliphatic carbocycles. The number of rotatable bonds is 5. The van der Waals surface area contributed by atoms with Crippen LogP contribution >= 0.6 is 11.3 Å². The summed E-state index contributed by atoms with van der Waals surface area (Å²) in [4.78, 5) is 13.4. The highest BCUT2D eigenvalue weighted by atomic mass is 32.1. The maximum absolute atomic E-state index is 13.1. The Bertz CT molecular complexity index is 603. The smallest absolute Gasteiger partial charge is 0.221 e. The molecule has 1 amide bonds. The molecule has 4 heteroatoms. The lowest BCUT2D eigenvalue weighted by molar-refractivity contribution is -0.122. The summed E-state index contributed by atoms with van der Waals surface area (Å²) in [5.74, 6) is 0.359. The number of thiophene rings is 1. The Morgan fingerprint density at radius 1 is 1.23 bits per heavy atom. The average Bonchev–Trinajstić information content (AvgIpc) is 3.19. The minimum atomic E-state index is -0.258. The second kappa shape index (κ2) is 7.05. The highest BCUT2D eigenvalue weighted by Crippen LogP contribution is 2.29. The largest absolute Gasteiger partial charge is 0.344 e. The van der Waals surface area contributed by atoms with Crippen LogP contribution in [0.4, 0.5) is 4.39 Å². The maximum atomic E-state index is 13.1. The summed E-state index contributed by atoms with van der Waals surface area (Å²) >= 11 is 1.61. The van der Waals surface area contributed by atoms with Crippen LogP contribution in [0.15, 0.2) is 41.8 Å². The van der Waals surface area contributed by atoms with Crippen LogP contribution in [0.5, 0.6) is 0 Å². The lowest BCUT2D eigenvalue weighted by atomic mass is 10.0. The Hall–Kier alpha value is -1.68. The molecule has 116 valence electrons. The van der Waals surface area contributed by atoms with E-state index in [1.807, 2.05) is 17.5 Å². The first-order valence-electron chi connectivity index (χ1n) is 7.80. The van der Waals surface area contributed by atoms with Gasteiger partial charge < -0.3 is 5.32 Å². The number of halogens is 1. The van der Waals surface area contributed by atoms with E-state index in [1.165, 1.54) is 25.0 Å². The first-order chi connectivity index (χ1) is 10.7. The molecule has 1 atom stereocenters. The summed E-state index contributed by atoms with van der Waals surface area (Å²) < 4.78 is 13.1. The molecule has 2 aromatic rings. The lowest BCUT2D eigenvalue weighted by Crippen LogP contribution is -2.30. The molecule has 1 N–H and O–H groups in total. The summed E-state index contributed by atoms with van der Waals surface area (Å²) in [5.41, 5.74) is 0.920. The van der Waals surface area contributed by atoms with Gasteiger partial charge in [-0.15, -0.1) is 11.3 Å². The second-order valence-electron chi connectivity index (χ2n) is 5.92. The molecule has 0 bridgehead atoms. The van der Waals surface area contributed by atoms with E-state index in [-0.39, 0.29) is 17.8 Å². The zero-order valence-corrected chi connectivity index (χ0v) is 13.2. The topological polar surface area (TPSA) is 29.1 Å². The summed E-state index contributed by atoms with van der Waals surface area (Å²) in [7, 11) is 0. The van der Waals surface area contributed by atoms with Gasteiger partial charge in [0, 0.05) is 11.3 Å². The van der Waals surface area contributed by atoms with Crippen molar-refractivity contribution in [3.05, 3.63) is 58.0 Å². The fourth-order valence-electron chi connectivity index (χ4n) is 3.13. The number of carbonyl (C=O) groups excluding carboxylic acids is 1. The van der Waals surface area contributed by atoms with Gasteiger partial charge in [-0.05, 0) is 47.9 Å². The summed E-state index contributed by atoms with van der Waals surface area (Å²) in [6.07, 6.45) is 5.40. The van der Waals surface area contributed by atoms with Gasteiger partial charge in [0.2, 0.25) is 5.91 Å². The fourth-order valence-corrected chi connectivity index (χ4v) is 3.93. The zero-order chi connectivity index (χ0) is 15.4. The number of nitrogens with one attached hydrogen (secondary N) is 1. The SMILES string of the molecule is O=C(CC1CCCC1)NC(c1ccc(F)cc1)c1cccs1. The van der Waals surface area contributed by atoms with Gasteiger partial charge in [0.15, 0.2) is 0 Å². The second-order valence-corrected chi connectivity index (χ2v) is 6.90. The molecule has 1 aliphatic rings. The van der Waals surface area contributed by atoms with Crippen molar-refractivity contribution in [1.82, 2.24) is 5.32 Å². The monoisotopic (exact) mass is 317 g/mol. The number of hydrogen-bond donors (Lipinski definition) is 1. The van der Waals surface area contributed by atoms with Crippen LogP contribution in [0.2, 0.25) is 0 Å². The summed E-state index contributed by atoms with van der Waals surface area (Å²) in [5, 5.41) is 5.13. The minimum Gasteiger partial charge on any atom is -0.344 e. The van der Waals surface area contributed by atoms with E-state index in [2.05, 4.69) is 5.32 Å². The van der Waals surface area contributed by atoms with Crippen molar-refractivity contribution in [1.29, 1.82) is 0 Å². The Morgan fingerprint density at radius 3 is 2.59 bits per heavy atom. The van der Waals surface area contributed by atoms with Gasteiger partial charge >= 0.3 is 0 Å². The highest BCUT2D eigenvalue weighted by molar-refractivity contribution is 7.10. The van der Waals surface area contributed by atoms with Crippen molar-refractivity contribution >= 4 is 17.2 Å². The number of carbonyl (C=O) groups is 1. The molecule has 1 saturated carbocycles. The number of hydrogen-bond acceptors (Lipinski definition) is 2. The molecule has 0 radical (unpaired) electrons. The molecule has 1 unspecified atom stereocenters. The van der Waals surface area contributed by atoms with Crippen LogP contribution < -0.4 is 5.32 Å². The van der Waals surface area contributed by atoms with Gasteiger partial charge in [-0.2, -0.15) is 0 Å². The highest BCUT2D eigenvalue weighted by Gasteiger charge is 2.22. The van der Waals surface area contributed by atoms with Gasteiger partial charge in [-0.1, -0.05) is 31.0 Å². The van der Waals surface area contributed by atoms with Crippen LogP contribution in [0.1, 0.15) is 48.6 Å². The van der Waals surface area contributed by atoms with E-state index in [0.29, 0.717) is 12.3 Å². The Labute approximate surface area is 134 Å². The molecule has 1 heterocycles. The molecule has 0 aliphatic heterocycles. The third kappa shape index (κ3) is 3.74. The predicted molar refractivity (Wildman–Crippen MR) is 87.3 cm³/mol. The average molecular weight is 317 g/mol.